The molecule has 2 aromatic heterocycles. The first-order valence-corrected chi connectivity index (χ1v) is 9.24. The topological polar surface area (TPSA) is 71.0 Å². The minimum atomic E-state index is -0.611. The fraction of sp³-hybridized carbons (Fsp3) is 0.136. The highest BCUT2D eigenvalue weighted by atomic mass is 19.1. The number of rotatable bonds is 6. The van der Waals surface area contributed by atoms with Crippen LogP contribution in [0.5, 0.6) is 5.75 Å². The molecule has 30 heavy (non-hydrogen) atoms. The summed E-state index contributed by atoms with van der Waals surface area (Å²) >= 11 is 0. The van der Waals surface area contributed by atoms with E-state index in [0.29, 0.717) is 12.3 Å². The number of aromatic nitrogens is 4. The Kier molecular flexibility index (Phi) is 5.05. The summed E-state index contributed by atoms with van der Waals surface area (Å²) in [5.41, 5.74) is 0.413. The fourth-order valence-corrected chi connectivity index (χ4v) is 3.45. The van der Waals surface area contributed by atoms with Crippen molar-refractivity contribution in [1.29, 1.82) is 0 Å². The highest BCUT2D eigenvalue weighted by Crippen LogP contribution is 2.21. The Hall–Kier alpha value is -3.94. The van der Waals surface area contributed by atoms with Crippen LogP contribution in [0.15, 0.2) is 77.1 Å². The molecule has 0 bridgehead atoms. The Morgan fingerprint density at radius 3 is 2.70 bits per heavy atom. The molecule has 2 heterocycles. The lowest BCUT2D eigenvalue weighted by molar-refractivity contribution is 0.408. The van der Waals surface area contributed by atoms with Crippen molar-refractivity contribution in [2.45, 2.75) is 13.1 Å². The number of para-hydroxylation sites is 1. The van der Waals surface area contributed by atoms with Gasteiger partial charge in [0.05, 0.1) is 25.7 Å². The van der Waals surface area contributed by atoms with E-state index in [2.05, 4.69) is 11.6 Å². The monoisotopic (exact) mass is 406 g/mol. The number of nitrogens with zero attached hydrogens (tertiary/aromatic N) is 4. The number of imidazole rings is 1. The van der Waals surface area contributed by atoms with Gasteiger partial charge in [-0.05, 0) is 24.3 Å². The lowest BCUT2D eigenvalue weighted by Crippen LogP contribution is -2.39. The molecule has 7 nitrogen and oxygen atoms in total. The predicted molar refractivity (Wildman–Crippen MR) is 112 cm³/mol. The maximum atomic E-state index is 13.8. The van der Waals surface area contributed by atoms with E-state index in [1.54, 1.807) is 17.7 Å². The van der Waals surface area contributed by atoms with Crippen molar-refractivity contribution in [3.63, 3.8) is 0 Å². The van der Waals surface area contributed by atoms with Gasteiger partial charge in [0, 0.05) is 12.1 Å². The third-order valence-corrected chi connectivity index (χ3v) is 4.81. The Labute approximate surface area is 170 Å². The van der Waals surface area contributed by atoms with E-state index in [9.17, 15) is 14.0 Å². The second kappa shape index (κ2) is 7.82. The van der Waals surface area contributed by atoms with Gasteiger partial charge < -0.3 is 9.30 Å². The summed E-state index contributed by atoms with van der Waals surface area (Å²) in [5.74, 6) is 0.173. The Balaban J connectivity index is 2.01. The maximum absolute atomic E-state index is 13.8. The van der Waals surface area contributed by atoms with Gasteiger partial charge in [-0.3, -0.25) is 9.36 Å². The van der Waals surface area contributed by atoms with Crippen LogP contribution in [0.25, 0.3) is 16.9 Å². The summed E-state index contributed by atoms with van der Waals surface area (Å²) in [6.07, 6.45) is 2.96. The van der Waals surface area contributed by atoms with E-state index in [4.69, 9.17) is 4.74 Å². The molecule has 0 aliphatic rings. The van der Waals surface area contributed by atoms with Gasteiger partial charge >= 0.3 is 5.69 Å². The molecule has 0 radical (unpaired) electrons. The standard InChI is InChI=1S/C22H19FN4O3/c1-3-11-26-21(28)19-20(27(22(26)29)17-9-6-8-16(23)12-17)24-14-25(19)13-15-7-4-5-10-18(15)30-2/h3-10,12,14H,1,11,13H2,2H3. The molecule has 0 aliphatic heterocycles. The first kappa shape index (κ1) is 19.4. The van der Waals surface area contributed by atoms with Gasteiger partial charge in [0.15, 0.2) is 11.2 Å². The number of hydrogen-bond acceptors (Lipinski definition) is 4. The predicted octanol–water partition coefficient (Wildman–Crippen LogP) is 2.73. The van der Waals surface area contributed by atoms with Crippen LogP contribution in [0.3, 0.4) is 0 Å². The van der Waals surface area contributed by atoms with Crippen LogP contribution in [-0.4, -0.2) is 25.8 Å². The minimum absolute atomic E-state index is 0.0166. The highest BCUT2D eigenvalue weighted by Gasteiger charge is 2.19. The first-order chi connectivity index (χ1) is 14.5. The lowest BCUT2D eigenvalue weighted by atomic mass is 10.2. The molecule has 0 fully saturated rings. The highest BCUT2D eigenvalue weighted by molar-refractivity contribution is 5.72. The van der Waals surface area contributed by atoms with Crippen molar-refractivity contribution in [2.75, 3.05) is 7.11 Å². The van der Waals surface area contributed by atoms with Crippen molar-refractivity contribution in [2.24, 2.45) is 0 Å². The van der Waals surface area contributed by atoms with Gasteiger partial charge in [0.2, 0.25) is 0 Å². The van der Waals surface area contributed by atoms with Crippen LogP contribution in [0.2, 0.25) is 0 Å². The fourth-order valence-electron chi connectivity index (χ4n) is 3.45. The molecule has 8 heteroatoms. The molecule has 0 saturated heterocycles. The van der Waals surface area contributed by atoms with Gasteiger partial charge in [0.1, 0.15) is 11.6 Å². The second-order valence-electron chi connectivity index (χ2n) is 6.66. The maximum Gasteiger partial charge on any atom is 0.337 e. The normalized spacial score (nSPS) is 11.0. The third-order valence-electron chi connectivity index (χ3n) is 4.81. The van der Waals surface area contributed by atoms with Crippen molar-refractivity contribution < 1.29 is 9.13 Å². The minimum Gasteiger partial charge on any atom is -0.496 e. The number of allylic oxidation sites excluding steroid dienone is 1. The smallest absolute Gasteiger partial charge is 0.337 e. The molecule has 0 unspecified atom stereocenters. The first-order valence-electron chi connectivity index (χ1n) is 9.24. The van der Waals surface area contributed by atoms with Crippen molar-refractivity contribution >= 4 is 11.2 Å². The van der Waals surface area contributed by atoms with Crippen molar-refractivity contribution in [3.05, 3.63) is 99.7 Å². The Morgan fingerprint density at radius 1 is 1.17 bits per heavy atom. The zero-order chi connectivity index (χ0) is 21.3. The number of benzene rings is 2. The van der Waals surface area contributed by atoms with Crippen molar-refractivity contribution in [3.8, 4) is 11.4 Å². The number of ether oxygens (including phenoxy) is 1. The zero-order valence-electron chi connectivity index (χ0n) is 16.3. The molecule has 0 amide bonds. The Bertz CT molecular complexity index is 1370. The largest absolute Gasteiger partial charge is 0.496 e. The molecule has 0 aliphatic carbocycles. The molecule has 2 aromatic carbocycles. The van der Waals surface area contributed by atoms with Gasteiger partial charge in [-0.15, -0.1) is 6.58 Å². The molecular formula is C22H19FN4O3. The summed E-state index contributed by atoms with van der Waals surface area (Å²) in [7, 11) is 1.57. The molecule has 0 spiro atoms. The average molecular weight is 406 g/mol. The lowest BCUT2D eigenvalue weighted by Gasteiger charge is -2.13. The summed E-state index contributed by atoms with van der Waals surface area (Å²) in [5, 5.41) is 0. The van der Waals surface area contributed by atoms with Crippen LogP contribution in [0.4, 0.5) is 4.39 Å². The van der Waals surface area contributed by atoms with Crippen LogP contribution in [-0.2, 0) is 13.1 Å². The molecular weight excluding hydrogens is 387 g/mol. The molecule has 4 rings (SSSR count). The summed E-state index contributed by atoms with van der Waals surface area (Å²) in [6, 6.07) is 13.0. The van der Waals surface area contributed by atoms with E-state index in [-0.39, 0.29) is 23.4 Å². The Morgan fingerprint density at radius 2 is 1.97 bits per heavy atom. The number of hydrogen-bond donors (Lipinski definition) is 0. The molecule has 4 aromatic rings. The number of fused-ring (bicyclic) bond motifs is 1. The molecule has 0 atom stereocenters. The third kappa shape index (κ3) is 3.22. The van der Waals surface area contributed by atoms with Crippen LogP contribution in [0, 0.1) is 5.82 Å². The van der Waals surface area contributed by atoms with E-state index in [1.165, 1.54) is 35.2 Å². The SMILES string of the molecule is C=CCn1c(=O)c2c(ncn2Cc2ccccc2OC)n(-c2cccc(F)c2)c1=O. The summed E-state index contributed by atoms with van der Waals surface area (Å²) in [6.45, 7) is 3.96. The second-order valence-corrected chi connectivity index (χ2v) is 6.66. The molecule has 0 saturated carbocycles. The molecule has 0 N–H and O–H groups in total. The van der Waals surface area contributed by atoms with E-state index >= 15 is 0 Å². The van der Waals surface area contributed by atoms with Crippen molar-refractivity contribution in [1.82, 2.24) is 18.7 Å². The quantitative estimate of drug-likeness (QED) is 0.462. The van der Waals surface area contributed by atoms with Gasteiger partial charge in [0.25, 0.3) is 5.56 Å². The van der Waals surface area contributed by atoms with Gasteiger partial charge in [-0.2, -0.15) is 0 Å². The van der Waals surface area contributed by atoms with Gasteiger partial charge in [-0.1, -0.05) is 30.3 Å². The zero-order valence-corrected chi connectivity index (χ0v) is 16.3. The van der Waals surface area contributed by atoms with Gasteiger partial charge in [-0.25, -0.2) is 18.7 Å². The van der Waals surface area contributed by atoms with E-state index in [0.717, 1.165) is 10.1 Å². The van der Waals surface area contributed by atoms with E-state index < -0.39 is 17.1 Å². The summed E-state index contributed by atoms with van der Waals surface area (Å²) < 4.78 is 23.2. The number of halogens is 1. The molecule has 152 valence electrons. The van der Waals surface area contributed by atoms with Crippen LogP contribution >= 0.6 is 0 Å². The summed E-state index contributed by atoms with van der Waals surface area (Å²) in [4.78, 5) is 30.5. The average Bonchev–Trinajstić information content (AvgIpc) is 3.15. The van der Waals surface area contributed by atoms with E-state index in [1.807, 2.05) is 24.3 Å². The van der Waals surface area contributed by atoms with Crippen LogP contribution in [0.1, 0.15) is 5.56 Å². The number of methoxy groups -OCH3 is 1. The van der Waals surface area contributed by atoms with Crippen LogP contribution < -0.4 is 16.0 Å².